The minimum absolute atomic E-state index is 0.119. The van der Waals surface area contributed by atoms with Gasteiger partial charge >= 0.3 is 0 Å². The number of carbonyl (C=O) groups excluding carboxylic acids is 2. The maximum atomic E-state index is 12.6. The summed E-state index contributed by atoms with van der Waals surface area (Å²) >= 11 is 0. The van der Waals surface area contributed by atoms with Crippen LogP contribution in [-0.2, 0) is 9.53 Å². The van der Waals surface area contributed by atoms with Gasteiger partial charge in [0, 0.05) is 56.6 Å². The molecule has 0 radical (unpaired) electrons. The fourth-order valence-corrected chi connectivity index (χ4v) is 4.09. The van der Waals surface area contributed by atoms with Gasteiger partial charge in [-0.1, -0.05) is 37.3 Å². The van der Waals surface area contributed by atoms with Crippen LogP contribution < -0.4 is 10.2 Å². The number of unbranched alkanes of at least 4 members (excludes halogenated alkanes) is 1. The van der Waals surface area contributed by atoms with E-state index in [0.29, 0.717) is 24.1 Å². The molecule has 1 amide bonds. The molecule has 0 aromatic heterocycles. The minimum Gasteiger partial charge on any atom is -0.372 e. The smallest absolute Gasteiger partial charge is 0.253 e. The number of methoxy groups -OCH3 is 1. The number of nitrogens with one attached hydrogen (secondary N) is 1. The Labute approximate surface area is 191 Å². The number of hydrogen-bond donors (Lipinski definition) is 1. The molecule has 1 fully saturated rings. The number of benzene rings is 2. The summed E-state index contributed by atoms with van der Waals surface area (Å²) in [4.78, 5) is 29.7. The molecule has 1 atom stereocenters. The van der Waals surface area contributed by atoms with Crippen molar-refractivity contribution in [1.82, 2.24) is 4.90 Å². The van der Waals surface area contributed by atoms with Gasteiger partial charge in [0.2, 0.25) is 0 Å². The Morgan fingerprint density at radius 2 is 1.75 bits per heavy atom. The van der Waals surface area contributed by atoms with Gasteiger partial charge in [0.1, 0.15) is 6.10 Å². The first-order chi connectivity index (χ1) is 15.6. The Hall–Kier alpha value is -2.70. The molecule has 1 unspecified atom stereocenters. The summed E-state index contributed by atoms with van der Waals surface area (Å²) in [5.41, 5.74) is 2.57. The van der Waals surface area contributed by atoms with Crippen LogP contribution in [0.4, 0.5) is 11.4 Å². The van der Waals surface area contributed by atoms with Crippen LogP contribution in [0.25, 0.3) is 0 Å². The number of nitrogens with zero attached hydrogens (tertiary/aromatic N) is 2. The average Bonchev–Trinajstić information content (AvgIpc) is 2.83. The van der Waals surface area contributed by atoms with E-state index in [-0.39, 0.29) is 11.7 Å². The van der Waals surface area contributed by atoms with Crippen LogP contribution in [0.1, 0.15) is 43.0 Å². The molecule has 1 aliphatic rings. The lowest BCUT2D eigenvalue weighted by Gasteiger charge is -2.36. The normalized spacial score (nSPS) is 15.4. The van der Waals surface area contributed by atoms with Crippen molar-refractivity contribution in [1.29, 1.82) is 0 Å². The highest BCUT2D eigenvalue weighted by molar-refractivity contribution is 5.99. The molecule has 172 valence electrons. The van der Waals surface area contributed by atoms with Crippen LogP contribution in [0.5, 0.6) is 0 Å². The second kappa shape index (κ2) is 12.4. The molecule has 0 saturated carbocycles. The van der Waals surface area contributed by atoms with E-state index >= 15 is 0 Å². The molecule has 32 heavy (non-hydrogen) atoms. The molecule has 1 aliphatic heterocycles. The van der Waals surface area contributed by atoms with Gasteiger partial charge in [-0.05, 0) is 50.1 Å². The van der Waals surface area contributed by atoms with Gasteiger partial charge < -0.3 is 15.0 Å². The molecule has 2 aromatic carbocycles. The van der Waals surface area contributed by atoms with Gasteiger partial charge in [-0.25, -0.2) is 0 Å². The standard InChI is InChI=1S/C26H35N3O3/c1-3-25(32-2)26(31)27-22-11-9-10-21(20-22)24(30)14-7-8-15-28-16-18-29(19-17-28)23-12-5-4-6-13-23/h4-6,9-13,20,25H,3,7-8,14-19H2,1-2H3,(H,27,31). The van der Waals surface area contributed by atoms with Crippen LogP contribution in [0.3, 0.4) is 0 Å². The van der Waals surface area contributed by atoms with Crippen LogP contribution in [0.15, 0.2) is 54.6 Å². The molecule has 0 spiro atoms. The van der Waals surface area contributed by atoms with Crippen molar-refractivity contribution in [3.63, 3.8) is 0 Å². The van der Waals surface area contributed by atoms with Crippen molar-refractivity contribution in [3.05, 3.63) is 60.2 Å². The molecule has 0 aliphatic carbocycles. The molecule has 6 heteroatoms. The highest BCUT2D eigenvalue weighted by atomic mass is 16.5. The third-order valence-electron chi connectivity index (χ3n) is 6.02. The third kappa shape index (κ3) is 6.90. The number of rotatable bonds is 11. The average molecular weight is 438 g/mol. The van der Waals surface area contributed by atoms with E-state index in [1.54, 1.807) is 12.1 Å². The van der Waals surface area contributed by atoms with Crippen LogP contribution in [0, 0.1) is 0 Å². The van der Waals surface area contributed by atoms with Crippen LogP contribution >= 0.6 is 0 Å². The fraction of sp³-hybridized carbons (Fsp3) is 0.462. The van der Waals surface area contributed by atoms with Gasteiger partial charge in [0.15, 0.2) is 5.78 Å². The maximum absolute atomic E-state index is 12.6. The quantitative estimate of drug-likeness (QED) is 0.421. The first-order valence-electron chi connectivity index (χ1n) is 11.6. The van der Waals surface area contributed by atoms with E-state index in [9.17, 15) is 9.59 Å². The number of piperazine rings is 1. The highest BCUT2D eigenvalue weighted by Crippen LogP contribution is 2.17. The van der Waals surface area contributed by atoms with E-state index in [2.05, 4.69) is 45.4 Å². The second-order valence-electron chi connectivity index (χ2n) is 8.25. The topological polar surface area (TPSA) is 61.9 Å². The van der Waals surface area contributed by atoms with Crippen molar-refractivity contribution in [2.45, 2.75) is 38.7 Å². The molecule has 2 aromatic rings. The SMILES string of the molecule is CCC(OC)C(=O)Nc1cccc(C(=O)CCCCN2CCN(c3ccccc3)CC2)c1. The number of Topliss-reactive ketones (excluding diaryl/α,β-unsaturated/α-hetero) is 1. The number of carbonyl (C=O) groups is 2. The van der Waals surface area contributed by atoms with Crippen molar-refractivity contribution < 1.29 is 14.3 Å². The number of ether oxygens (including phenoxy) is 1. The maximum Gasteiger partial charge on any atom is 0.253 e. The molecule has 1 heterocycles. The first-order valence-corrected chi connectivity index (χ1v) is 11.6. The van der Waals surface area contributed by atoms with E-state index in [1.807, 2.05) is 19.1 Å². The Morgan fingerprint density at radius 1 is 1.00 bits per heavy atom. The summed E-state index contributed by atoms with van der Waals surface area (Å²) in [6.07, 6.45) is 2.53. The van der Waals surface area contributed by atoms with Gasteiger partial charge in [-0.2, -0.15) is 0 Å². The van der Waals surface area contributed by atoms with Crippen LogP contribution in [-0.4, -0.2) is 62.5 Å². The Morgan fingerprint density at radius 3 is 2.44 bits per heavy atom. The van der Waals surface area contributed by atoms with Crippen molar-refractivity contribution >= 4 is 23.1 Å². The van der Waals surface area contributed by atoms with Gasteiger partial charge in [-0.3, -0.25) is 14.5 Å². The lowest BCUT2D eigenvalue weighted by molar-refractivity contribution is -0.125. The summed E-state index contributed by atoms with van der Waals surface area (Å²) in [6.45, 7) is 7.14. The number of amides is 1. The highest BCUT2D eigenvalue weighted by Gasteiger charge is 2.18. The summed E-state index contributed by atoms with van der Waals surface area (Å²) in [6, 6.07) is 17.7. The van der Waals surface area contributed by atoms with Crippen molar-refractivity contribution in [2.75, 3.05) is 50.1 Å². The number of para-hydroxylation sites is 1. The second-order valence-corrected chi connectivity index (χ2v) is 8.25. The summed E-state index contributed by atoms with van der Waals surface area (Å²) in [5.74, 6) is -0.0688. The minimum atomic E-state index is -0.482. The predicted molar refractivity (Wildman–Crippen MR) is 129 cm³/mol. The zero-order valence-corrected chi connectivity index (χ0v) is 19.3. The summed E-state index contributed by atoms with van der Waals surface area (Å²) in [7, 11) is 1.52. The van der Waals surface area contributed by atoms with E-state index in [0.717, 1.165) is 45.6 Å². The zero-order valence-electron chi connectivity index (χ0n) is 19.3. The summed E-state index contributed by atoms with van der Waals surface area (Å²) < 4.78 is 5.17. The monoisotopic (exact) mass is 437 g/mol. The summed E-state index contributed by atoms with van der Waals surface area (Å²) in [5, 5.41) is 2.84. The molecule has 1 saturated heterocycles. The van der Waals surface area contributed by atoms with Gasteiger partial charge in [0.25, 0.3) is 5.91 Å². The third-order valence-corrected chi connectivity index (χ3v) is 6.02. The number of anilines is 2. The van der Waals surface area contributed by atoms with Gasteiger partial charge in [0.05, 0.1) is 0 Å². The van der Waals surface area contributed by atoms with E-state index in [4.69, 9.17) is 4.74 Å². The van der Waals surface area contributed by atoms with Crippen molar-refractivity contribution in [3.8, 4) is 0 Å². The Bertz CT molecular complexity index is 860. The Kier molecular flexibility index (Phi) is 9.26. The fourth-order valence-electron chi connectivity index (χ4n) is 4.09. The largest absolute Gasteiger partial charge is 0.372 e. The van der Waals surface area contributed by atoms with Crippen LogP contribution in [0.2, 0.25) is 0 Å². The van der Waals surface area contributed by atoms with E-state index < -0.39 is 6.10 Å². The van der Waals surface area contributed by atoms with Gasteiger partial charge in [-0.15, -0.1) is 0 Å². The molecule has 6 nitrogen and oxygen atoms in total. The number of hydrogen-bond acceptors (Lipinski definition) is 5. The molecule has 0 bridgehead atoms. The van der Waals surface area contributed by atoms with Crippen molar-refractivity contribution in [2.24, 2.45) is 0 Å². The lowest BCUT2D eigenvalue weighted by atomic mass is 10.0. The molecule has 1 N–H and O–H groups in total. The van der Waals surface area contributed by atoms with E-state index in [1.165, 1.54) is 12.8 Å². The first kappa shape index (κ1) is 24.0. The Balaban J connectivity index is 1.38. The predicted octanol–water partition coefficient (Wildman–Crippen LogP) is 4.23. The number of ketones is 1. The molecular weight excluding hydrogens is 402 g/mol. The molecular formula is C26H35N3O3. The lowest BCUT2D eigenvalue weighted by Crippen LogP contribution is -2.46. The zero-order chi connectivity index (χ0) is 22.8. The molecule has 3 rings (SSSR count).